The topological polar surface area (TPSA) is 38.3 Å². The lowest BCUT2D eigenvalue weighted by molar-refractivity contribution is -0.117. The predicted molar refractivity (Wildman–Crippen MR) is 76.1 cm³/mol. The highest BCUT2D eigenvalue weighted by molar-refractivity contribution is 5.87. The SMILES string of the molecule is C=CC(=O)NC1CCCC(Oc2cc(F)ccc2C)C1. The molecule has 20 heavy (non-hydrogen) atoms. The first-order chi connectivity index (χ1) is 9.58. The van der Waals surface area contributed by atoms with E-state index in [1.165, 1.54) is 18.2 Å². The van der Waals surface area contributed by atoms with Crippen LogP contribution in [0.5, 0.6) is 5.75 Å². The van der Waals surface area contributed by atoms with Gasteiger partial charge in [-0.3, -0.25) is 4.79 Å². The summed E-state index contributed by atoms with van der Waals surface area (Å²) in [5.74, 6) is 0.140. The van der Waals surface area contributed by atoms with Gasteiger partial charge in [-0.15, -0.1) is 0 Å². The van der Waals surface area contributed by atoms with E-state index in [-0.39, 0.29) is 23.9 Å². The molecule has 0 aromatic heterocycles. The van der Waals surface area contributed by atoms with Crippen LogP contribution in [0, 0.1) is 12.7 Å². The molecule has 2 unspecified atom stereocenters. The van der Waals surface area contributed by atoms with Gasteiger partial charge in [0.05, 0.1) is 0 Å². The standard InChI is InChI=1S/C16H20FNO2/c1-3-16(19)18-13-5-4-6-14(10-13)20-15-9-12(17)8-7-11(15)2/h3,7-9,13-14H,1,4-6,10H2,2H3,(H,18,19). The van der Waals surface area contributed by atoms with E-state index in [2.05, 4.69) is 11.9 Å². The highest BCUT2D eigenvalue weighted by Crippen LogP contribution is 2.26. The Hall–Kier alpha value is -1.84. The third kappa shape index (κ3) is 3.83. The molecule has 1 saturated carbocycles. The van der Waals surface area contributed by atoms with E-state index in [1.807, 2.05) is 6.92 Å². The third-order valence-electron chi connectivity index (χ3n) is 3.60. The molecule has 0 spiro atoms. The molecule has 2 atom stereocenters. The highest BCUT2D eigenvalue weighted by Gasteiger charge is 2.24. The van der Waals surface area contributed by atoms with Crippen molar-refractivity contribution in [3.8, 4) is 5.75 Å². The smallest absolute Gasteiger partial charge is 0.243 e. The fourth-order valence-electron chi connectivity index (χ4n) is 2.52. The van der Waals surface area contributed by atoms with Gasteiger partial charge < -0.3 is 10.1 Å². The number of benzene rings is 1. The first-order valence-corrected chi connectivity index (χ1v) is 6.94. The molecule has 1 N–H and O–H groups in total. The molecular weight excluding hydrogens is 257 g/mol. The van der Waals surface area contributed by atoms with Crippen molar-refractivity contribution in [2.45, 2.75) is 44.8 Å². The summed E-state index contributed by atoms with van der Waals surface area (Å²) in [5.41, 5.74) is 0.920. The maximum absolute atomic E-state index is 13.2. The summed E-state index contributed by atoms with van der Waals surface area (Å²) in [6, 6.07) is 4.66. The van der Waals surface area contributed by atoms with Crippen molar-refractivity contribution in [3.63, 3.8) is 0 Å². The van der Waals surface area contributed by atoms with E-state index in [1.54, 1.807) is 6.07 Å². The molecule has 1 aliphatic carbocycles. The van der Waals surface area contributed by atoms with Crippen molar-refractivity contribution in [3.05, 3.63) is 42.2 Å². The van der Waals surface area contributed by atoms with Crippen LogP contribution in [0.15, 0.2) is 30.9 Å². The van der Waals surface area contributed by atoms with Crippen LogP contribution in [0.4, 0.5) is 4.39 Å². The Morgan fingerprint density at radius 2 is 2.30 bits per heavy atom. The molecule has 108 valence electrons. The van der Waals surface area contributed by atoms with Gasteiger partial charge in [0, 0.05) is 18.5 Å². The normalized spacial score (nSPS) is 22.1. The second kappa shape index (κ2) is 6.55. The van der Waals surface area contributed by atoms with Crippen LogP contribution in [0.1, 0.15) is 31.2 Å². The van der Waals surface area contributed by atoms with Crippen molar-refractivity contribution < 1.29 is 13.9 Å². The largest absolute Gasteiger partial charge is 0.490 e. The number of carbonyl (C=O) groups excluding carboxylic acids is 1. The summed E-state index contributed by atoms with van der Waals surface area (Å²) >= 11 is 0. The number of carbonyl (C=O) groups is 1. The monoisotopic (exact) mass is 277 g/mol. The zero-order chi connectivity index (χ0) is 14.5. The Morgan fingerprint density at radius 3 is 3.05 bits per heavy atom. The zero-order valence-corrected chi connectivity index (χ0v) is 11.7. The van der Waals surface area contributed by atoms with Crippen molar-refractivity contribution >= 4 is 5.91 Å². The molecule has 0 heterocycles. The van der Waals surface area contributed by atoms with Crippen LogP contribution in [0.25, 0.3) is 0 Å². The minimum atomic E-state index is -0.294. The number of rotatable bonds is 4. The number of hydrogen-bond acceptors (Lipinski definition) is 2. The number of aryl methyl sites for hydroxylation is 1. The highest BCUT2D eigenvalue weighted by atomic mass is 19.1. The van der Waals surface area contributed by atoms with E-state index in [9.17, 15) is 9.18 Å². The zero-order valence-electron chi connectivity index (χ0n) is 11.7. The molecule has 1 fully saturated rings. The summed E-state index contributed by atoms with van der Waals surface area (Å²) in [4.78, 5) is 11.3. The van der Waals surface area contributed by atoms with E-state index in [0.29, 0.717) is 5.75 Å². The van der Waals surface area contributed by atoms with Crippen molar-refractivity contribution in [2.24, 2.45) is 0 Å². The van der Waals surface area contributed by atoms with E-state index >= 15 is 0 Å². The minimum absolute atomic E-state index is 0.0133. The van der Waals surface area contributed by atoms with Gasteiger partial charge in [-0.2, -0.15) is 0 Å². The van der Waals surface area contributed by atoms with Crippen LogP contribution >= 0.6 is 0 Å². The van der Waals surface area contributed by atoms with Gasteiger partial charge in [-0.1, -0.05) is 12.6 Å². The van der Waals surface area contributed by atoms with Gasteiger partial charge in [0.1, 0.15) is 17.7 Å². The van der Waals surface area contributed by atoms with Crippen molar-refractivity contribution in [1.29, 1.82) is 0 Å². The Bertz CT molecular complexity index is 501. The summed E-state index contributed by atoms with van der Waals surface area (Å²) < 4.78 is 19.1. The summed E-state index contributed by atoms with van der Waals surface area (Å²) in [7, 11) is 0. The molecule has 1 amide bonds. The summed E-state index contributed by atoms with van der Waals surface area (Å²) in [6.07, 6.45) is 4.90. The van der Waals surface area contributed by atoms with E-state index in [4.69, 9.17) is 4.74 Å². The average molecular weight is 277 g/mol. The second-order valence-corrected chi connectivity index (χ2v) is 5.23. The molecule has 3 nitrogen and oxygen atoms in total. The van der Waals surface area contributed by atoms with Crippen LogP contribution in [-0.2, 0) is 4.79 Å². The number of hydrogen-bond donors (Lipinski definition) is 1. The lowest BCUT2D eigenvalue weighted by Gasteiger charge is -2.30. The number of halogens is 1. The Morgan fingerprint density at radius 1 is 1.50 bits per heavy atom. The maximum Gasteiger partial charge on any atom is 0.243 e. The molecule has 0 radical (unpaired) electrons. The quantitative estimate of drug-likeness (QED) is 0.859. The number of amides is 1. The number of ether oxygens (including phenoxy) is 1. The number of nitrogens with one attached hydrogen (secondary N) is 1. The molecule has 0 saturated heterocycles. The van der Waals surface area contributed by atoms with Crippen molar-refractivity contribution in [1.82, 2.24) is 5.32 Å². The maximum atomic E-state index is 13.2. The van der Waals surface area contributed by atoms with Gasteiger partial charge in [-0.05, 0) is 43.9 Å². The van der Waals surface area contributed by atoms with Gasteiger partial charge in [0.15, 0.2) is 0 Å². The molecule has 2 rings (SSSR count). The first-order valence-electron chi connectivity index (χ1n) is 6.94. The molecule has 0 aliphatic heterocycles. The van der Waals surface area contributed by atoms with Gasteiger partial charge in [0.2, 0.25) is 5.91 Å². The van der Waals surface area contributed by atoms with Crippen LogP contribution < -0.4 is 10.1 Å². The Labute approximate surface area is 118 Å². The Balaban J connectivity index is 1.97. The Kier molecular flexibility index (Phi) is 4.77. The lowest BCUT2D eigenvalue weighted by atomic mass is 9.92. The fraction of sp³-hybridized carbons (Fsp3) is 0.438. The first kappa shape index (κ1) is 14.6. The lowest BCUT2D eigenvalue weighted by Crippen LogP contribution is -2.40. The second-order valence-electron chi connectivity index (χ2n) is 5.23. The summed E-state index contributed by atoms with van der Waals surface area (Å²) in [5, 5.41) is 2.90. The molecular formula is C16H20FNO2. The molecule has 1 aliphatic rings. The van der Waals surface area contributed by atoms with Crippen molar-refractivity contribution in [2.75, 3.05) is 0 Å². The van der Waals surface area contributed by atoms with Gasteiger partial charge >= 0.3 is 0 Å². The van der Waals surface area contributed by atoms with Gasteiger partial charge in [0.25, 0.3) is 0 Å². The minimum Gasteiger partial charge on any atom is -0.490 e. The third-order valence-corrected chi connectivity index (χ3v) is 3.60. The average Bonchev–Trinajstić information content (AvgIpc) is 2.43. The molecule has 0 bridgehead atoms. The molecule has 1 aromatic rings. The van der Waals surface area contributed by atoms with Crippen LogP contribution in [0.3, 0.4) is 0 Å². The van der Waals surface area contributed by atoms with E-state index < -0.39 is 0 Å². The predicted octanol–water partition coefficient (Wildman–Crippen LogP) is 3.13. The summed E-state index contributed by atoms with van der Waals surface area (Å²) in [6.45, 7) is 5.35. The van der Waals surface area contributed by atoms with Gasteiger partial charge in [-0.25, -0.2) is 4.39 Å². The fourth-order valence-corrected chi connectivity index (χ4v) is 2.52. The molecule has 4 heteroatoms. The van der Waals surface area contributed by atoms with Crippen LogP contribution in [-0.4, -0.2) is 18.1 Å². The molecule has 1 aromatic carbocycles. The van der Waals surface area contributed by atoms with Crippen LogP contribution in [0.2, 0.25) is 0 Å². The van der Waals surface area contributed by atoms with E-state index in [0.717, 1.165) is 31.2 Å².